The summed E-state index contributed by atoms with van der Waals surface area (Å²) < 4.78 is 8.79. The Morgan fingerprint density at radius 1 is 0.639 bits per heavy atom. The molecule has 0 N–H and O–H groups in total. The van der Waals surface area contributed by atoms with Crippen molar-refractivity contribution in [3.8, 4) is 22.5 Å². The van der Waals surface area contributed by atoms with Gasteiger partial charge in [0.05, 0.1) is 6.07 Å². The van der Waals surface area contributed by atoms with Crippen molar-refractivity contribution in [3.63, 3.8) is 0 Å². The smallest absolute Gasteiger partial charge is 0.209 e. The molecule has 3 nitrogen and oxygen atoms in total. The molecule has 0 bridgehead atoms. The van der Waals surface area contributed by atoms with Crippen molar-refractivity contribution in [1.82, 2.24) is 4.58 Å². The molecule has 174 valence electrons. The summed E-state index contributed by atoms with van der Waals surface area (Å²) >= 11 is 0. The van der Waals surface area contributed by atoms with Crippen molar-refractivity contribution >= 4 is 28.0 Å². The third kappa shape index (κ3) is 3.95. The van der Waals surface area contributed by atoms with Crippen LogP contribution in [-0.2, 0) is 0 Å². The molecule has 6 rings (SSSR count). The second-order valence-electron chi connectivity index (χ2n) is 8.99. The Morgan fingerprint density at radius 2 is 1.31 bits per heavy atom. The summed E-state index contributed by atoms with van der Waals surface area (Å²) in [6.07, 6.45) is 0. The van der Waals surface area contributed by atoms with E-state index in [1.54, 1.807) is 0 Å². The number of benzene rings is 5. The van der Waals surface area contributed by atoms with Crippen LogP contribution >= 0.6 is 0 Å². The number of nitrogens with zero attached hydrogens (tertiary/aromatic N) is 2. The molecule has 0 atom stereocenters. The molecule has 2 aliphatic rings. The summed E-state index contributed by atoms with van der Waals surface area (Å²) in [6, 6.07) is 44.3. The SMILES string of the molecule is CN(c1ccccc1)c1ccc2c(-c3ccccc3)c3ccc(=[N+](C)c4ccccc4)cc-3oc2c1. The van der Waals surface area contributed by atoms with Crippen LogP contribution in [0.4, 0.5) is 17.1 Å². The van der Waals surface area contributed by atoms with E-state index in [0.29, 0.717) is 0 Å². The lowest BCUT2D eigenvalue weighted by Gasteiger charge is -2.21. The van der Waals surface area contributed by atoms with Gasteiger partial charge in [-0.25, -0.2) is 0 Å². The Morgan fingerprint density at radius 3 is 2.03 bits per heavy atom. The van der Waals surface area contributed by atoms with Crippen molar-refractivity contribution in [2.24, 2.45) is 0 Å². The van der Waals surface area contributed by atoms with Crippen LogP contribution in [0.3, 0.4) is 0 Å². The first kappa shape index (κ1) is 21.9. The second kappa shape index (κ2) is 9.20. The van der Waals surface area contributed by atoms with E-state index in [2.05, 4.69) is 139 Å². The summed E-state index contributed by atoms with van der Waals surface area (Å²) in [5, 5.41) is 2.18. The maximum Gasteiger partial charge on any atom is 0.209 e. The predicted molar refractivity (Wildman–Crippen MR) is 150 cm³/mol. The van der Waals surface area contributed by atoms with E-state index in [0.717, 1.165) is 44.7 Å². The summed E-state index contributed by atoms with van der Waals surface area (Å²) in [5.74, 6) is 0.862. The van der Waals surface area contributed by atoms with Gasteiger partial charge >= 0.3 is 0 Å². The number of rotatable bonds is 4. The highest BCUT2D eigenvalue weighted by Crippen LogP contribution is 2.41. The molecule has 0 fully saturated rings. The molecular weight excluding hydrogens is 440 g/mol. The maximum absolute atomic E-state index is 6.61. The quantitative estimate of drug-likeness (QED) is 0.195. The van der Waals surface area contributed by atoms with Gasteiger partial charge in [0, 0.05) is 59.2 Å². The molecule has 0 spiro atoms. The number of fused-ring (bicyclic) bond motifs is 2. The van der Waals surface area contributed by atoms with Crippen LogP contribution in [0, 0.1) is 0 Å². The van der Waals surface area contributed by atoms with E-state index >= 15 is 0 Å². The van der Waals surface area contributed by atoms with Crippen molar-refractivity contribution in [2.45, 2.75) is 0 Å². The molecular formula is C33H27N2O+. The summed E-state index contributed by atoms with van der Waals surface area (Å²) in [5.41, 5.74) is 7.67. The van der Waals surface area contributed by atoms with Crippen LogP contribution in [0.5, 0.6) is 0 Å². The molecule has 3 heteroatoms. The van der Waals surface area contributed by atoms with E-state index in [-0.39, 0.29) is 0 Å². The van der Waals surface area contributed by atoms with Gasteiger partial charge in [-0.15, -0.1) is 0 Å². The van der Waals surface area contributed by atoms with Crippen LogP contribution in [0.2, 0.25) is 0 Å². The molecule has 0 radical (unpaired) electrons. The third-order valence-electron chi connectivity index (χ3n) is 6.81. The zero-order valence-electron chi connectivity index (χ0n) is 20.4. The van der Waals surface area contributed by atoms with E-state index in [9.17, 15) is 0 Å². The predicted octanol–water partition coefficient (Wildman–Crippen LogP) is 7.71. The molecule has 1 aliphatic carbocycles. The molecule has 0 saturated carbocycles. The fourth-order valence-corrected chi connectivity index (χ4v) is 4.80. The van der Waals surface area contributed by atoms with Crippen molar-refractivity contribution in [3.05, 3.63) is 133 Å². The molecule has 0 unspecified atom stereocenters. The average molecular weight is 468 g/mol. The fraction of sp³-hybridized carbons (Fsp3) is 0.0606. The molecule has 0 aromatic heterocycles. The molecule has 4 aromatic carbocycles. The van der Waals surface area contributed by atoms with Gasteiger partial charge in [-0.1, -0.05) is 66.7 Å². The minimum absolute atomic E-state index is 0.862. The Bertz CT molecular complexity index is 1690. The highest BCUT2D eigenvalue weighted by atomic mass is 16.3. The van der Waals surface area contributed by atoms with Crippen LogP contribution in [0.15, 0.2) is 132 Å². The van der Waals surface area contributed by atoms with Gasteiger partial charge < -0.3 is 9.32 Å². The fourth-order valence-electron chi connectivity index (χ4n) is 4.80. The Kier molecular flexibility index (Phi) is 5.59. The van der Waals surface area contributed by atoms with Gasteiger partial charge in [-0.3, -0.25) is 0 Å². The lowest BCUT2D eigenvalue weighted by Crippen LogP contribution is -2.21. The van der Waals surface area contributed by atoms with E-state index in [4.69, 9.17) is 4.42 Å². The zero-order chi connectivity index (χ0) is 24.5. The van der Waals surface area contributed by atoms with Crippen LogP contribution in [0.25, 0.3) is 33.4 Å². The minimum Gasteiger partial charge on any atom is -0.456 e. The van der Waals surface area contributed by atoms with Gasteiger partial charge in [-0.2, -0.15) is 4.58 Å². The standard InChI is InChI=1S/C33H27N2O/c1-34(25-14-8-4-9-15-25)27-18-20-29-31(22-27)36-32-23-28(35(2)26-16-10-5-11-17-26)19-21-30(32)33(29)24-12-6-3-7-13-24/h3-23H,1-2H3/q+1. The Balaban J connectivity index is 1.61. The van der Waals surface area contributed by atoms with Gasteiger partial charge in [0.2, 0.25) is 11.0 Å². The number of hydrogen-bond acceptors (Lipinski definition) is 2. The Labute approximate surface area is 211 Å². The number of para-hydroxylation sites is 2. The zero-order valence-corrected chi connectivity index (χ0v) is 20.4. The van der Waals surface area contributed by atoms with Crippen LogP contribution in [0.1, 0.15) is 0 Å². The molecule has 0 saturated heterocycles. The largest absolute Gasteiger partial charge is 0.456 e. The molecule has 1 aliphatic heterocycles. The summed E-state index contributed by atoms with van der Waals surface area (Å²) in [7, 11) is 4.17. The van der Waals surface area contributed by atoms with Crippen molar-refractivity contribution in [1.29, 1.82) is 0 Å². The minimum atomic E-state index is 0.862. The van der Waals surface area contributed by atoms with Gasteiger partial charge in [0.25, 0.3) is 0 Å². The third-order valence-corrected chi connectivity index (χ3v) is 6.81. The van der Waals surface area contributed by atoms with Gasteiger partial charge in [0.15, 0.2) is 0 Å². The monoisotopic (exact) mass is 467 g/mol. The second-order valence-corrected chi connectivity index (χ2v) is 8.99. The normalized spacial score (nSPS) is 12.1. The van der Waals surface area contributed by atoms with E-state index in [1.807, 2.05) is 12.1 Å². The molecule has 36 heavy (non-hydrogen) atoms. The molecule has 1 heterocycles. The van der Waals surface area contributed by atoms with Crippen LogP contribution < -0.4 is 14.8 Å². The maximum atomic E-state index is 6.61. The van der Waals surface area contributed by atoms with E-state index < -0.39 is 0 Å². The molecule has 0 amide bonds. The first-order chi connectivity index (χ1) is 17.7. The van der Waals surface area contributed by atoms with Crippen molar-refractivity contribution < 1.29 is 4.42 Å². The average Bonchev–Trinajstić information content (AvgIpc) is 2.96. The highest BCUT2D eigenvalue weighted by molar-refractivity contribution is 6.02. The topological polar surface area (TPSA) is 19.4 Å². The lowest BCUT2D eigenvalue weighted by atomic mass is 9.93. The first-order valence-corrected chi connectivity index (χ1v) is 12.2. The highest BCUT2D eigenvalue weighted by Gasteiger charge is 2.19. The van der Waals surface area contributed by atoms with Gasteiger partial charge in [0.1, 0.15) is 18.4 Å². The summed E-state index contributed by atoms with van der Waals surface area (Å²) in [6.45, 7) is 0. The van der Waals surface area contributed by atoms with Crippen LogP contribution in [-0.4, -0.2) is 14.1 Å². The van der Waals surface area contributed by atoms with Crippen molar-refractivity contribution in [2.75, 3.05) is 19.0 Å². The number of anilines is 2. The van der Waals surface area contributed by atoms with Gasteiger partial charge in [-0.05, 0) is 35.9 Å². The summed E-state index contributed by atoms with van der Waals surface area (Å²) in [4.78, 5) is 2.18. The first-order valence-electron chi connectivity index (χ1n) is 12.2. The number of hydrogen-bond donors (Lipinski definition) is 0. The Hall–Kier alpha value is -4.63. The lowest BCUT2D eigenvalue weighted by molar-refractivity contribution is 0.618. The molecule has 4 aromatic rings. The van der Waals surface area contributed by atoms with E-state index in [1.165, 1.54) is 11.1 Å².